The quantitative estimate of drug-likeness (QED) is 0.699. The number of aryl methyl sites for hydroxylation is 2. The summed E-state index contributed by atoms with van der Waals surface area (Å²) in [5.41, 5.74) is 2.70. The Kier molecular flexibility index (Phi) is 3.65. The fraction of sp³-hybridized carbons (Fsp3) is 0.333. The van der Waals surface area contributed by atoms with Crippen LogP contribution in [-0.2, 0) is 20.0 Å². The van der Waals surface area contributed by atoms with Crippen molar-refractivity contribution in [3.8, 4) is 11.6 Å². The Morgan fingerprint density at radius 2 is 2.25 bits per heavy atom. The van der Waals surface area contributed by atoms with Crippen LogP contribution in [0.3, 0.4) is 0 Å². The molecule has 3 aromatic heterocycles. The molecule has 0 fully saturated rings. The van der Waals surface area contributed by atoms with E-state index in [1.165, 1.54) is 11.3 Å². The van der Waals surface area contributed by atoms with Gasteiger partial charge in [0.05, 0.1) is 15.8 Å². The predicted molar refractivity (Wildman–Crippen MR) is 89.0 cm³/mol. The second kappa shape index (κ2) is 5.71. The van der Waals surface area contributed by atoms with E-state index in [4.69, 9.17) is 16.1 Å². The Hall–Kier alpha value is -2.19. The molecule has 0 bridgehead atoms. The van der Waals surface area contributed by atoms with Gasteiger partial charge in [-0.25, -0.2) is 0 Å². The van der Waals surface area contributed by atoms with Crippen molar-refractivity contribution in [1.82, 2.24) is 24.8 Å². The SMILES string of the molecule is Cc1noc(-c2nn(C)c3c2CN(C(=O)c2ccc(Cl)s2)CC3)n1. The first-order valence-corrected chi connectivity index (χ1v) is 8.62. The number of thiophene rings is 1. The Morgan fingerprint density at radius 3 is 2.92 bits per heavy atom. The average Bonchev–Trinajstić information content (AvgIpc) is 3.26. The van der Waals surface area contributed by atoms with Gasteiger partial charge in [0.15, 0.2) is 11.5 Å². The Morgan fingerprint density at radius 1 is 1.42 bits per heavy atom. The largest absolute Gasteiger partial charge is 0.333 e. The Bertz CT molecular complexity index is 928. The molecule has 0 spiro atoms. The second-order valence-corrected chi connectivity index (χ2v) is 7.34. The minimum Gasteiger partial charge on any atom is -0.333 e. The lowest BCUT2D eigenvalue weighted by Crippen LogP contribution is -2.36. The van der Waals surface area contributed by atoms with Crippen LogP contribution < -0.4 is 0 Å². The Labute approximate surface area is 146 Å². The fourth-order valence-electron chi connectivity index (χ4n) is 2.92. The van der Waals surface area contributed by atoms with Crippen LogP contribution in [0.25, 0.3) is 11.6 Å². The molecule has 0 atom stereocenters. The van der Waals surface area contributed by atoms with E-state index in [-0.39, 0.29) is 5.91 Å². The van der Waals surface area contributed by atoms with Gasteiger partial charge in [0, 0.05) is 31.3 Å². The van der Waals surface area contributed by atoms with E-state index in [1.54, 1.807) is 24.0 Å². The topological polar surface area (TPSA) is 77.0 Å². The monoisotopic (exact) mass is 363 g/mol. The third-order valence-corrected chi connectivity index (χ3v) is 5.26. The number of hydrogen-bond donors (Lipinski definition) is 0. The van der Waals surface area contributed by atoms with Gasteiger partial charge in [-0.3, -0.25) is 9.48 Å². The molecule has 7 nitrogen and oxygen atoms in total. The van der Waals surface area contributed by atoms with Gasteiger partial charge in [0.2, 0.25) is 0 Å². The van der Waals surface area contributed by atoms with E-state index in [2.05, 4.69) is 15.2 Å². The van der Waals surface area contributed by atoms with Gasteiger partial charge < -0.3 is 9.42 Å². The molecule has 0 aliphatic carbocycles. The maximum atomic E-state index is 12.7. The van der Waals surface area contributed by atoms with Gasteiger partial charge in [-0.15, -0.1) is 11.3 Å². The first-order chi connectivity index (χ1) is 11.5. The van der Waals surface area contributed by atoms with Crippen LogP contribution in [0.15, 0.2) is 16.7 Å². The highest BCUT2D eigenvalue weighted by Gasteiger charge is 2.30. The molecule has 0 saturated carbocycles. The minimum atomic E-state index is -0.0194. The first kappa shape index (κ1) is 15.3. The summed E-state index contributed by atoms with van der Waals surface area (Å²) in [7, 11) is 1.89. The highest BCUT2D eigenvalue weighted by molar-refractivity contribution is 7.17. The molecule has 4 heterocycles. The maximum Gasteiger partial charge on any atom is 0.278 e. The van der Waals surface area contributed by atoms with E-state index in [1.807, 2.05) is 11.7 Å². The molecule has 0 radical (unpaired) electrons. The highest BCUT2D eigenvalue weighted by atomic mass is 35.5. The number of carbonyl (C=O) groups is 1. The summed E-state index contributed by atoms with van der Waals surface area (Å²) < 4.78 is 7.70. The number of carbonyl (C=O) groups excluding carboxylic acids is 1. The number of halogens is 1. The highest BCUT2D eigenvalue weighted by Crippen LogP contribution is 2.30. The first-order valence-electron chi connectivity index (χ1n) is 7.43. The van der Waals surface area contributed by atoms with E-state index in [0.29, 0.717) is 39.7 Å². The lowest BCUT2D eigenvalue weighted by molar-refractivity contribution is 0.0738. The summed E-state index contributed by atoms with van der Waals surface area (Å²) >= 11 is 7.23. The molecule has 0 aromatic carbocycles. The van der Waals surface area contributed by atoms with Crippen molar-refractivity contribution in [3.05, 3.63) is 38.4 Å². The fourth-order valence-corrected chi connectivity index (χ4v) is 3.93. The van der Waals surface area contributed by atoms with Crippen molar-refractivity contribution in [2.45, 2.75) is 19.9 Å². The molecule has 4 rings (SSSR count). The second-order valence-electron chi connectivity index (χ2n) is 5.62. The van der Waals surface area contributed by atoms with Crippen molar-refractivity contribution in [2.75, 3.05) is 6.54 Å². The molecule has 1 aliphatic heterocycles. The molecule has 3 aromatic rings. The average molecular weight is 364 g/mol. The zero-order chi connectivity index (χ0) is 16.8. The molecule has 0 N–H and O–H groups in total. The third kappa shape index (κ3) is 2.51. The number of rotatable bonds is 2. The van der Waals surface area contributed by atoms with Gasteiger partial charge >= 0.3 is 0 Å². The summed E-state index contributed by atoms with van der Waals surface area (Å²) in [6.45, 7) is 2.87. The molecule has 9 heteroatoms. The number of nitrogens with zero attached hydrogens (tertiary/aromatic N) is 5. The third-order valence-electron chi connectivity index (χ3n) is 4.04. The molecule has 0 unspecified atom stereocenters. The van der Waals surface area contributed by atoms with Gasteiger partial charge in [0.25, 0.3) is 11.8 Å². The number of fused-ring (bicyclic) bond motifs is 1. The van der Waals surface area contributed by atoms with Gasteiger partial charge in [0.1, 0.15) is 0 Å². The number of hydrogen-bond acceptors (Lipinski definition) is 6. The van der Waals surface area contributed by atoms with Crippen molar-refractivity contribution in [3.63, 3.8) is 0 Å². The Balaban J connectivity index is 1.68. The molecular formula is C15H14ClN5O2S. The predicted octanol–water partition coefficient (Wildman–Crippen LogP) is 2.69. The summed E-state index contributed by atoms with van der Waals surface area (Å²) in [5.74, 6) is 0.924. The molecular weight excluding hydrogens is 350 g/mol. The van der Waals surface area contributed by atoms with Gasteiger partial charge in [-0.05, 0) is 19.1 Å². The lowest BCUT2D eigenvalue weighted by atomic mass is 10.0. The zero-order valence-electron chi connectivity index (χ0n) is 13.1. The van der Waals surface area contributed by atoms with Crippen molar-refractivity contribution in [1.29, 1.82) is 0 Å². The summed E-state index contributed by atoms with van der Waals surface area (Å²) in [4.78, 5) is 19.4. The molecule has 1 amide bonds. The van der Waals surface area contributed by atoms with Crippen LogP contribution >= 0.6 is 22.9 Å². The van der Waals surface area contributed by atoms with Gasteiger partial charge in [-0.1, -0.05) is 16.8 Å². The lowest BCUT2D eigenvalue weighted by Gasteiger charge is -2.27. The zero-order valence-corrected chi connectivity index (χ0v) is 14.7. The van der Waals surface area contributed by atoms with Crippen LogP contribution in [0.1, 0.15) is 26.8 Å². The number of aromatic nitrogens is 4. The van der Waals surface area contributed by atoms with Crippen LogP contribution in [0.4, 0.5) is 0 Å². The summed E-state index contributed by atoms with van der Waals surface area (Å²) in [6.07, 6.45) is 0.733. The van der Waals surface area contributed by atoms with E-state index < -0.39 is 0 Å². The van der Waals surface area contributed by atoms with E-state index in [9.17, 15) is 4.79 Å². The van der Waals surface area contributed by atoms with E-state index in [0.717, 1.165) is 17.7 Å². The van der Waals surface area contributed by atoms with Crippen LogP contribution in [0.5, 0.6) is 0 Å². The molecule has 0 saturated heterocycles. The van der Waals surface area contributed by atoms with Crippen LogP contribution in [0, 0.1) is 6.92 Å². The summed E-state index contributed by atoms with van der Waals surface area (Å²) in [6, 6.07) is 3.50. The van der Waals surface area contributed by atoms with Crippen molar-refractivity contribution >= 4 is 28.8 Å². The maximum absolute atomic E-state index is 12.7. The normalized spacial score (nSPS) is 14.0. The minimum absolute atomic E-state index is 0.0194. The van der Waals surface area contributed by atoms with Gasteiger partial charge in [-0.2, -0.15) is 10.1 Å². The van der Waals surface area contributed by atoms with Crippen LogP contribution in [-0.4, -0.2) is 37.3 Å². The molecule has 124 valence electrons. The standard InChI is InChI=1S/C15H14ClN5O2S/c1-8-17-14(23-19-8)13-9-7-21(6-5-10(9)20(2)18-13)15(22)11-3-4-12(16)24-11/h3-4H,5-7H2,1-2H3. The molecule has 24 heavy (non-hydrogen) atoms. The van der Waals surface area contributed by atoms with E-state index >= 15 is 0 Å². The smallest absolute Gasteiger partial charge is 0.278 e. The summed E-state index contributed by atoms with van der Waals surface area (Å²) in [5, 5.41) is 8.34. The van der Waals surface area contributed by atoms with Crippen molar-refractivity contribution < 1.29 is 9.32 Å². The molecule has 1 aliphatic rings. The van der Waals surface area contributed by atoms with Crippen LogP contribution in [0.2, 0.25) is 4.34 Å². The van der Waals surface area contributed by atoms with Crippen molar-refractivity contribution in [2.24, 2.45) is 7.05 Å². The number of amides is 1.